The zero-order chi connectivity index (χ0) is 14.5. The van der Waals surface area contributed by atoms with Crippen LogP contribution in [0.5, 0.6) is 0 Å². The maximum Gasteiger partial charge on any atom is 0.342 e. The summed E-state index contributed by atoms with van der Waals surface area (Å²) in [6.07, 6.45) is 0.762. The van der Waals surface area contributed by atoms with Crippen LogP contribution < -0.4 is 5.32 Å². The second kappa shape index (κ2) is 6.26. The number of aromatic carboxylic acids is 1. The highest BCUT2D eigenvalue weighted by Gasteiger charge is 2.21. The molecular weight excluding hydrogens is 270 g/mol. The van der Waals surface area contributed by atoms with Crippen molar-refractivity contribution in [3.05, 3.63) is 27.9 Å². The highest BCUT2D eigenvalue weighted by Crippen LogP contribution is 2.20. The standard InChI is InChI=1S/C11H13N3O6/c15-11(16)8-3-10(13-5-9(8)14(17)18)12-4-7-6-19-1-2-20-7/h3,5,7H,1-2,4,6H2,(H,12,13)(H,15,16). The molecule has 9 heteroatoms. The Kier molecular flexibility index (Phi) is 4.43. The van der Waals surface area contributed by atoms with Crippen LogP contribution in [0, 0.1) is 10.1 Å². The first-order valence-electron chi connectivity index (χ1n) is 5.89. The largest absolute Gasteiger partial charge is 0.477 e. The van der Waals surface area contributed by atoms with E-state index in [1.54, 1.807) is 0 Å². The number of anilines is 1. The lowest BCUT2D eigenvalue weighted by Gasteiger charge is -2.23. The van der Waals surface area contributed by atoms with Gasteiger partial charge < -0.3 is 19.9 Å². The maximum absolute atomic E-state index is 11.0. The zero-order valence-electron chi connectivity index (χ0n) is 10.4. The van der Waals surface area contributed by atoms with Crippen molar-refractivity contribution in [1.82, 2.24) is 4.98 Å². The SMILES string of the molecule is O=C(O)c1cc(NCC2COCCO2)ncc1[N+](=O)[O-]. The van der Waals surface area contributed by atoms with E-state index in [4.69, 9.17) is 14.6 Å². The van der Waals surface area contributed by atoms with E-state index in [0.717, 1.165) is 12.3 Å². The fraction of sp³-hybridized carbons (Fsp3) is 0.455. The number of nitro groups is 1. The Bertz CT molecular complexity index is 515. The lowest BCUT2D eigenvalue weighted by atomic mass is 10.2. The summed E-state index contributed by atoms with van der Waals surface area (Å²) in [5.74, 6) is -1.14. The fourth-order valence-corrected chi connectivity index (χ4v) is 1.73. The van der Waals surface area contributed by atoms with Gasteiger partial charge in [0.2, 0.25) is 0 Å². The van der Waals surface area contributed by atoms with Gasteiger partial charge in [-0.1, -0.05) is 0 Å². The van der Waals surface area contributed by atoms with Crippen LogP contribution in [0.3, 0.4) is 0 Å². The minimum atomic E-state index is -1.38. The van der Waals surface area contributed by atoms with Crippen LogP contribution in [-0.2, 0) is 9.47 Å². The molecule has 0 bridgehead atoms. The summed E-state index contributed by atoms with van der Waals surface area (Å²) in [6, 6.07) is 1.13. The molecule has 1 aliphatic rings. The van der Waals surface area contributed by atoms with Crippen molar-refractivity contribution in [3.8, 4) is 0 Å². The number of pyridine rings is 1. The Balaban J connectivity index is 2.06. The van der Waals surface area contributed by atoms with E-state index in [-0.39, 0.29) is 11.9 Å². The van der Waals surface area contributed by atoms with Crippen LogP contribution in [0.1, 0.15) is 10.4 Å². The molecule has 1 aromatic rings. The highest BCUT2D eigenvalue weighted by atomic mass is 16.6. The third-order valence-electron chi connectivity index (χ3n) is 2.71. The topological polar surface area (TPSA) is 124 Å². The molecule has 20 heavy (non-hydrogen) atoms. The van der Waals surface area contributed by atoms with Crippen molar-refractivity contribution in [3.63, 3.8) is 0 Å². The van der Waals surface area contributed by atoms with Gasteiger partial charge in [0.25, 0.3) is 0 Å². The molecule has 2 N–H and O–H groups in total. The Labute approximate surface area is 113 Å². The molecule has 0 aromatic carbocycles. The third-order valence-corrected chi connectivity index (χ3v) is 2.71. The van der Waals surface area contributed by atoms with Gasteiger partial charge in [-0.05, 0) is 0 Å². The van der Waals surface area contributed by atoms with Gasteiger partial charge in [-0.2, -0.15) is 0 Å². The van der Waals surface area contributed by atoms with Crippen LogP contribution in [0.4, 0.5) is 11.5 Å². The van der Waals surface area contributed by atoms with Crippen LogP contribution >= 0.6 is 0 Å². The second-order valence-electron chi connectivity index (χ2n) is 4.10. The lowest BCUT2D eigenvalue weighted by molar-refractivity contribution is -0.385. The molecular formula is C11H13N3O6. The van der Waals surface area contributed by atoms with Gasteiger partial charge in [-0.25, -0.2) is 9.78 Å². The number of aromatic nitrogens is 1. The molecule has 1 aromatic heterocycles. The molecule has 108 valence electrons. The molecule has 0 aliphatic carbocycles. The number of nitrogens with one attached hydrogen (secondary N) is 1. The average molecular weight is 283 g/mol. The monoisotopic (exact) mass is 283 g/mol. The molecule has 0 saturated carbocycles. The third kappa shape index (κ3) is 3.39. The molecule has 0 amide bonds. The number of hydrogen-bond acceptors (Lipinski definition) is 7. The van der Waals surface area contributed by atoms with Gasteiger partial charge >= 0.3 is 11.7 Å². The molecule has 0 radical (unpaired) electrons. The Hall–Kier alpha value is -2.26. The van der Waals surface area contributed by atoms with Crippen molar-refractivity contribution in [1.29, 1.82) is 0 Å². The zero-order valence-corrected chi connectivity index (χ0v) is 10.4. The quantitative estimate of drug-likeness (QED) is 0.591. The lowest BCUT2D eigenvalue weighted by Crippen LogP contribution is -2.34. The number of carboxylic acids is 1. The van der Waals surface area contributed by atoms with Crippen LogP contribution in [0.25, 0.3) is 0 Å². The first-order chi connectivity index (χ1) is 9.58. The van der Waals surface area contributed by atoms with Gasteiger partial charge in [0.05, 0.1) is 30.8 Å². The summed E-state index contributed by atoms with van der Waals surface area (Å²) in [4.78, 5) is 24.7. The molecule has 1 atom stereocenters. The average Bonchev–Trinajstić information content (AvgIpc) is 2.45. The van der Waals surface area contributed by atoms with Gasteiger partial charge in [0, 0.05) is 12.6 Å². The van der Waals surface area contributed by atoms with Crippen molar-refractivity contribution in [2.75, 3.05) is 31.7 Å². The van der Waals surface area contributed by atoms with Crippen molar-refractivity contribution in [2.45, 2.75) is 6.10 Å². The summed E-state index contributed by atoms with van der Waals surface area (Å²) in [7, 11) is 0. The summed E-state index contributed by atoms with van der Waals surface area (Å²) < 4.78 is 10.6. The number of hydrogen-bond donors (Lipinski definition) is 2. The molecule has 1 aliphatic heterocycles. The first-order valence-corrected chi connectivity index (χ1v) is 5.89. The van der Waals surface area contributed by atoms with Gasteiger partial charge in [0.1, 0.15) is 17.6 Å². The smallest absolute Gasteiger partial charge is 0.342 e. The van der Waals surface area contributed by atoms with E-state index in [2.05, 4.69) is 10.3 Å². The molecule has 0 spiro atoms. The minimum Gasteiger partial charge on any atom is -0.477 e. The molecule has 2 rings (SSSR count). The van der Waals surface area contributed by atoms with Gasteiger partial charge in [0.15, 0.2) is 0 Å². The highest BCUT2D eigenvalue weighted by molar-refractivity contribution is 5.93. The molecule has 1 saturated heterocycles. The number of rotatable bonds is 5. The number of nitrogens with zero attached hydrogens (tertiary/aromatic N) is 2. The van der Waals surface area contributed by atoms with E-state index >= 15 is 0 Å². The summed E-state index contributed by atoms with van der Waals surface area (Å²) in [6.45, 7) is 1.87. The second-order valence-corrected chi connectivity index (χ2v) is 4.10. The van der Waals surface area contributed by atoms with Gasteiger partial charge in [-0.3, -0.25) is 10.1 Å². The van der Waals surface area contributed by atoms with E-state index in [9.17, 15) is 14.9 Å². The van der Waals surface area contributed by atoms with Crippen molar-refractivity contribution < 1.29 is 24.3 Å². The first kappa shape index (κ1) is 14.2. The molecule has 1 fully saturated rings. The van der Waals surface area contributed by atoms with Gasteiger partial charge in [-0.15, -0.1) is 0 Å². The van der Waals surface area contributed by atoms with Crippen LogP contribution in [0.15, 0.2) is 12.3 Å². The normalized spacial score (nSPS) is 18.5. The molecule has 9 nitrogen and oxygen atoms in total. The van der Waals surface area contributed by atoms with E-state index in [1.165, 1.54) is 0 Å². The number of carbonyl (C=O) groups is 1. The van der Waals surface area contributed by atoms with Crippen molar-refractivity contribution >= 4 is 17.5 Å². The van der Waals surface area contributed by atoms with E-state index < -0.39 is 22.1 Å². The van der Waals surface area contributed by atoms with E-state index in [0.29, 0.717) is 26.4 Å². The number of carboxylic acid groups (broad SMARTS) is 1. The van der Waals surface area contributed by atoms with Crippen molar-refractivity contribution in [2.24, 2.45) is 0 Å². The maximum atomic E-state index is 11.0. The summed E-state index contributed by atoms with van der Waals surface area (Å²) in [5.41, 5.74) is -0.950. The molecule has 1 unspecified atom stereocenters. The Morgan fingerprint density at radius 3 is 3.00 bits per heavy atom. The number of ether oxygens (including phenoxy) is 2. The summed E-state index contributed by atoms with van der Waals surface area (Å²) >= 11 is 0. The van der Waals surface area contributed by atoms with E-state index in [1.807, 2.05) is 0 Å². The Morgan fingerprint density at radius 1 is 1.60 bits per heavy atom. The predicted molar refractivity (Wildman–Crippen MR) is 66.9 cm³/mol. The molecule has 2 heterocycles. The van der Waals surface area contributed by atoms with Crippen LogP contribution in [0.2, 0.25) is 0 Å². The fourth-order valence-electron chi connectivity index (χ4n) is 1.73. The van der Waals surface area contributed by atoms with Crippen LogP contribution in [-0.4, -0.2) is 53.5 Å². The Morgan fingerprint density at radius 2 is 2.40 bits per heavy atom. The predicted octanol–water partition coefficient (Wildman–Crippen LogP) is 0.515. The minimum absolute atomic E-state index is 0.158. The summed E-state index contributed by atoms with van der Waals surface area (Å²) in [5, 5.41) is 22.5.